The fraction of sp³-hybridized carbons (Fsp3) is 0.353. The van der Waals surface area contributed by atoms with E-state index in [9.17, 15) is 0 Å². The highest BCUT2D eigenvalue weighted by Crippen LogP contribution is 2.18. The summed E-state index contributed by atoms with van der Waals surface area (Å²) < 4.78 is 0. The van der Waals surface area contributed by atoms with Crippen LogP contribution in [0, 0.1) is 5.92 Å². The van der Waals surface area contributed by atoms with Crippen molar-refractivity contribution in [1.82, 2.24) is 15.3 Å². The lowest BCUT2D eigenvalue weighted by molar-refractivity contribution is 0.386. The van der Waals surface area contributed by atoms with E-state index in [-0.39, 0.29) is 0 Å². The lowest BCUT2D eigenvalue weighted by atomic mass is 10.00. The highest BCUT2D eigenvalue weighted by Gasteiger charge is 2.11. The third-order valence-electron chi connectivity index (χ3n) is 4.01. The number of aromatic nitrogens is 2. The summed E-state index contributed by atoms with van der Waals surface area (Å²) in [6, 6.07) is 5.52. The van der Waals surface area contributed by atoms with Crippen LogP contribution in [-0.4, -0.2) is 35.8 Å². The van der Waals surface area contributed by atoms with Crippen LogP contribution in [0.3, 0.4) is 0 Å². The molecular weight excluding hydrogens is 310 g/mol. The molecule has 3 N–H and O–H groups in total. The van der Waals surface area contributed by atoms with Crippen LogP contribution >= 0.6 is 11.6 Å². The maximum atomic E-state index is 5.94. The predicted octanol–water partition coefficient (Wildman–Crippen LogP) is 2.65. The first-order valence-corrected chi connectivity index (χ1v) is 8.19. The minimum Gasteiger partial charge on any atom is -0.404 e. The molecule has 23 heavy (non-hydrogen) atoms. The zero-order valence-corrected chi connectivity index (χ0v) is 13.6. The van der Waals surface area contributed by atoms with E-state index >= 15 is 0 Å². The first-order valence-electron chi connectivity index (χ1n) is 7.81. The van der Waals surface area contributed by atoms with Crippen molar-refractivity contribution in [1.29, 1.82) is 0 Å². The van der Waals surface area contributed by atoms with E-state index in [0.717, 1.165) is 41.8 Å². The van der Waals surface area contributed by atoms with Crippen molar-refractivity contribution in [2.75, 3.05) is 19.6 Å². The van der Waals surface area contributed by atoms with Gasteiger partial charge in [-0.15, -0.1) is 0 Å². The average Bonchev–Trinajstić information content (AvgIpc) is 2.59. The second-order valence-electron chi connectivity index (χ2n) is 5.72. The average molecular weight is 330 g/mol. The van der Waals surface area contributed by atoms with Gasteiger partial charge in [0.15, 0.2) is 0 Å². The summed E-state index contributed by atoms with van der Waals surface area (Å²) in [4.78, 5) is 13.2. The van der Waals surface area contributed by atoms with Crippen LogP contribution in [0.15, 0.2) is 35.6 Å². The second-order valence-corrected chi connectivity index (χ2v) is 6.11. The Bertz CT molecular complexity index is 735. The minimum absolute atomic E-state index is 0.452. The molecule has 5 nitrogen and oxygen atoms in total. The van der Waals surface area contributed by atoms with Crippen molar-refractivity contribution in [2.24, 2.45) is 16.6 Å². The molecule has 1 aliphatic heterocycles. The highest BCUT2D eigenvalue weighted by atomic mass is 35.5. The van der Waals surface area contributed by atoms with Gasteiger partial charge in [0.25, 0.3) is 0 Å². The maximum Gasteiger partial charge on any atom is 0.129 e. The van der Waals surface area contributed by atoms with Crippen molar-refractivity contribution < 1.29 is 0 Å². The van der Waals surface area contributed by atoms with Crippen molar-refractivity contribution in [3.63, 3.8) is 0 Å². The standard InChI is InChI=1S/C17H20ClN5/c18-17-4-3-15-16(23-17)6-13(11-22-15)14(7-19)10-21-9-12-2-1-5-20-8-12/h3-4,6-7,10-12,20H,1-2,5,8-9,19H2. The number of nitrogens with zero attached hydrogens (tertiary/aromatic N) is 3. The minimum atomic E-state index is 0.452. The number of pyridine rings is 2. The van der Waals surface area contributed by atoms with Gasteiger partial charge in [-0.05, 0) is 50.0 Å². The molecule has 0 radical (unpaired) electrons. The Morgan fingerprint density at radius 1 is 1.43 bits per heavy atom. The molecule has 3 rings (SSSR count). The number of aliphatic imine (C=N–C) groups is 1. The monoisotopic (exact) mass is 329 g/mol. The zero-order chi connectivity index (χ0) is 16.1. The number of piperidine rings is 1. The van der Waals surface area contributed by atoms with Crippen LogP contribution in [0.25, 0.3) is 16.6 Å². The van der Waals surface area contributed by atoms with Crippen LogP contribution in [0.4, 0.5) is 0 Å². The Morgan fingerprint density at radius 3 is 3.13 bits per heavy atom. The summed E-state index contributed by atoms with van der Waals surface area (Å²) in [6.45, 7) is 2.97. The first-order chi connectivity index (χ1) is 11.3. The molecule has 1 unspecified atom stereocenters. The largest absolute Gasteiger partial charge is 0.404 e. The summed E-state index contributed by atoms with van der Waals surface area (Å²) in [5, 5.41) is 3.85. The van der Waals surface area contributed by atoms with Crippen LogP contribution in [0.2, 0.25) is 5.15 Å². The van der Waals surface area contributed by atoms with E-state index in [1.165, 1.54) is 12.8 Å². The number of nitrogens with one attached hydrogen (secondary N) is 1. The Kier molecular flexibility index (Phi) is 5.20. The molecule has 0 bridgehead atoms. The molecule has 6 heteroatoms. The van der Waals surface area contributed by atoms with E-state index in [2.05, 4.69) is 20.3 Å². The van der Waals surface area contributed by atoms with Gasteiger partial charge in [0.1, 0.15) is 5.15 Å². The third kappa shape index (κ3) is 4.06. The van der Waals surface area contributed by atoms with Crippen molar-refractivity contribution in [3.05, 3.63) is 41.3 Å². The maximum absolute atomic E-state index is 5.94. The Hall–Kier alpha value is -1.98. The van der Waals surface area contributed by atoms with E-state index in [1.807, 2.05) is 18.3 Å². The lowest BCUT2D eigenvalue weighted by Crippen LogP contribution is -2.31. The number of fused-ring (bicyclic) bond motifs is 1. The van der Waals surface area contributed by atoms with Gasteiger partial charge < -0.3 is 11.1 Å². The Labute approximate surface area is 140 Å². The van der Waals surface area contributed by atoms with Crippen LogP contribution < -0.4 is 11.1 Å². The topological polar surface area (TPSA) is 76.2 Å². The van der Waals surface area contributed by atoms with Gasteiger partial charge in [0, 0.05) is 36.3 Å². The van der Waals surface area contributed by atoms with Gasteiger partial charge in [0.2, 0.25) is 0 Å². The predicted molar refractivity (Wildman–Crippen MR) is 95.7 cm³/mol. The summed E-state index contributed by atoms with van der Waals surface area (Å²) in [5.74, 6) is 0.606. The molecule has 2 aromatic heterocycles. The van der Waals surface area contributed by atoms with Crippen LogP contribution in [0.5, 0.6) is 0 Å². The normalized spacial score (nSPS) is 19.5. The summed E-state index contributed by atoms with van der Waals surface area (Å²) >= 11 is 5.94. The van der Waals surface area contributed by atoms with Crippen LogP contribution in [0.1, 0.15) is 18.4 Å². The molecule has 1 atom stereocenters. The van der Waals surface area contributed by atoms with Gasteiger partial charge in [0.05, 0.1) is 11.0 Å². The molecule has 1 fully saturated rings. The quantitative estimate of drug-likeness (QED) is 0.668. The molecule has 2 aromatic rings. The van der Waals surface area contributed by atoms with Gasteiger partial charge in [-0.3, -0.25) is 9.98 Å². The second kappa shape index (κ2) is 7.53. The molecule has 120 valence electrons. The number of allylic oxidation sites excluding steroid dienone is 1. The summed E-state index contributed by atoms with van der Waals surface area (Å²) in [7, 11) is 0. The molecule has 0 aliphatic carbocycles. The number of hydrogen-bond acceptors (Lipinski definition) is 5. The lowest BCUT2D eigenvalue weighted by Gasteiger charge is -2.20. The molecule has 0 aromatic carbocycles. The molecule has 0 spiro atoms. The molecule has 3 heterocycles. The smallest absolute Gasteiger partial charge is 0.129 e. The van der Waals surface area contributed by atoms with Gasteiger partial charge in [-0.25, -0.2) is 4.98 Å². The van der Waals surface area contributed by atoms with Crippen molar-refractivity contribution >= 4 is 34.4 Å². The van der Waals surface area contributed by atoms with Gasteiger partial charge >= 0.3 is 0 Å². The van der Waals surface area contributed by atoms with E-state index in [0.29, 0.717) is 11.1 Å². The Balaban J connectivity index is 1.75. The number of hydrogen-bond donors (Lipinski definition) is 2. The third-order valence-corrected chi connectivity index (χ3v) is 4.22. The first kappa shape index (κ1) is 15.9. The fourth-order valence-corrected chi connectivity index (χ4v) is 2.89. The highest BCUT2D eigenvalue weighted by molar-refractivity contribution is 6.29. The van der Waals surface area contributed by atoms with E-state index in [4.69, 9.17) is 17.3 Å². The van der Waals surface area contributed by atoms with Crippen molar-refractivity contribution in [2.45, 2.75) is 12.8 Å². The van der Waals surface area contributed by atoms with Crippen molar-refractivity contribution in [3.8, 4) is 0 Å². The van der Waals surface area contributed by atoms with Crippen LogP contribution in [-0.2, 0) is 0 Å². The number of rotatable bonds is 4. The molecule has 1 saturated heterocycles. The Morgan fingerprint density at radius 2 is 2.35 bits per heavy atom. The van der Waals surface area contributed by atoms with E-state index in [1.54, 1.807) is 18.5 Å². The fourth-order valence-electron chi connectivity index (χ4n) is 2.73. The van der Waals surface area contributed by atoms with Gasteiger partial charge in [-0.1, -0.05) is 11.6 Å². The SMILES string of the molecule is NC=C(C=NCC1CCCNC1)c1cnc2ccc(Cl)nc2c1. The summed E-state index contributed by atoms with van der Waals surface area (Å²) in [6.07, 6.45) is 7.61. The molecule has 1 aliphatic rings. The molecule has 0 saturated carbocycles. The number of halogens is 1. The molecular formula is C17H20ClN5. The molecule has 0 amide bonds. The van der Waals surface area contributed by atoms with E-state index < -0.39 is 0 Å². The summed E-state index contributed by atoms with van der Waals surface area (Å²) in [5.41, 5.74) is 9.04. The van der Waals surface area contributed by atoms with Gasteiger partial charge in [-0.2, -0.15) is 0 Å². The number of nitrogens with two attached hydrogens (primary N) is 1. The zero-order valence-electron chi connectivity index (χ0n) is 12.9.